The van der Waals surface area contributed by atoms with Gasteiger partial charge in [0, 0.05) is 42.4 Å². The summed E-state index contributed by atoms with van der Waals surface area (Å²) in [6, 6.07) is 11.2. The summed E-state index contributed by atoms with van der Waals surface area (Å²) in [4.78, 5) is 35.8. The molecule has 6 heteroatoms. The van der Waals surface area contributed by atoms with E-state index in [1.165, 1.54) is 0 Å². The molecular weight excluding hydrogens is 352 g/mol. The molecule has 3 aromatic rings. The Morgan fingerprint density at radius 1 is 1.18 bits per heavy atom. The van der Waals surface area contributed by atoms with E-state index in [9.17, 15) is 9.59 Å². The molecule has 2 N–H and O–H groups in total. The topological polar surface area (TPSA) is 89.2 Å². The number of primary amides is 1. The predicted molar refractivity (Wildman–Crippen MR) is 107 cm³/mol. The Bertz CT molecular complexity index is 1060. The normalized spacial score (nSPS) is 16.9. The van der Waals surface area contributed by atoms with Crippen molar-refractivity contribution in [3.05, 3.63) is 71.2 Å². The molecule has 3 heterocycles. The number of hydrogen-bond donors (Lipinski definition) is 1. The lowest BCUT2D eigenvalue weighted by Gasteiger charge is -2.33. The number of carbonyl (C=O) groups is 2. The number of pyridine rings is 2. The number of carbonyl (C=O) groups excluding carboxylic acids is 2. The Labute approximate surface area is 163 Å². The van der Waals surface area contributed by atoms with Crippen LogP contribution in [0.5, 0.6) is 0 Å². The molecule has 0 spiro atoms. The molecule has 0 saturated carbocycles. The number of para-hydroxylation sites is 1. The van der Waals surface area contributed by atoms with E-state index in [0.717, 1.165) is 29.3 Å². The monoisotopic (exact) mass is 374 g/mol. The highest BCUT2D eigenvalue weighted by atomic mass is 16.2. The van der Waals surface area contributed by atoms with E-state index >= 15 is 0 Å². The number of aryl methyl sites for hydroxylation is 1. The van der Waals surface area contributed by atoms with Gasteiger partial charge in [0.1, 0.15) is 0 Å². The number of aromatic nitrogens is 2. The van der Waals surface area contributed by atoms with Gasteiger partial charge in [-0.15, -0.1) is 0 Å². The number of benzene rings is 1. The lowest BCUT2D eigenvalue weighted by Crippen LogP contribution is -2.40. The summed E-state index contributed by atoms with van der Waals surface area (Å²) in [6.45, 7) is 3.10. The van der Waals surface area contributed by atoms with Crippen LogP contribution < -0.4 is 5.73 Å². The maximum absolute atomic E-state index is 13.0. The fraction of sp³-hybridized carbons (Fsp3) is 0.273. The fourth-order valence-corrected chi connectivity index (χ4v) is 3.91. The van der Waals surface area contributed by atoms with Gasteiger partial charge in [-0.05, 0) is 43.5 Å². The van der Waals surface area contributed by atoms with Crippen LogP contribution in [0.4, 0.5) is 0 Å². The molecule has 4 rings (SSSR count). The summed E-state index contributed by atoms with van der Waals surface area (Å²) in [5, 5.41) is 0.885. The SMILES string of the molecule is Cc1cnccc1C(=O)N1CCCC(c2nc3ccccc3cc2C(N)=O)C1. The van der Waals surface area contributed by atoms with Crippen molar-refractivity contribution < 1.29 is 9.59 Å². The van der Waals surface area contributed by atoms with Crippen molar-refractivity contribution in [2.45, 2.75) is 25.7 Å². The summed E-state index contributed by atoms with van der Waals surface area (Å²) in [5.41, 5.74) is 9.14. The highest BCUT2D eigenvalue weighted by Crippen LogP contribution is 2.31. The van der Waals surface area contributed by atoms with E-state index in [0.29, 0.717) is 29.9 Å². The van der Waals surface area contributed by atoms with Crippen molar-refractivity contribution in [2.75, 3.05) is 13.1 Å². The zero-order valence-electron chi connectivity index (χ0n) is 15.8. The molecule has 2 amide bonds. The van der Waals surface area contributed by atoms with Gasteiger partial charge in [-0.25, -0.2) is 0 Å². The molecule has 28 heavy (non-hydrogen) atoms. The first kappa shape index (κ1) is 18.1. The van der Waals surface area contributed by atoms with E-state index in [1.54, 1.807) is 18.5 Å². The number of likely N-dealkylation sites (tertiary alicyclic amines) is 1. The number of piperidine rings is 1. The zero-order chi connectivity index (χ0) is 19.7. The van der Waals surface area contributed by atoms with Crippen molar-refractivity contribution in [1.29, 1.82) is 0 Å². The second-order valence-electron chi connectivity index (χ2n) is 7.26. The van der Waals surface area contributed by atoms with Crippen LogP contribution in [-0.4, -0.2) is 39.8 Å². The first-order chi connectivity index (χ1) is 13.5. The van der Waals surface area contributed by atoms with Gasteiger partial charge < -0.3 is 10.6 Å². The van der Waals surface area contributed by atoms with Crippen LogP contribution in [0.15, 0.2) is 48.8 Å². The van der Waals surface area contributed by atoms with Gasteiger partial charge in [-0.3, -0.25) is 19.6 Å². The number of hydrogen-bond acceptors (Lipinski definition) is 4. The summed E-state index contributed by atoms with van der Waals surface area (Å²) >= 11 is 0. The van der Waals surface area contributed by atoms with Gasteiger partial charge in [-0.1, -0.05) is 18.2 Å². The molecule has 6 nitrogen and oxygen atoms in total. The highest BCUT2D eigenvalue weighted by molar-refractivity contribution is 5.98. The van der Waals surface area contributed by atoms with Gasteiger partial charge in [0.05, 0.1) is 16.8 Å². The number of nitrogens with zero attached hydrogens (tertiary/aromatic N) is 3. The van der Waals surface area contributed by atoms with Crippen LogP contribution in [0.2, 0.25) is 0 Å². The van der Waals surface area contributed by atoms with Crippen LogP contribution in [0.1, 0.15) is 50.7 Å². The third kappa shape index (κ3) is 3.33. The van der Waals surface area contributed by atoms with Crippen molar-refractivity contribution in [3.63, 3.8) is 0 Å². The van der Waals surface area contributed by atoms with E-state index in [-0.39, 0.29) is 11.8 Å². The Hall–Kier alpha value is -3.28. The van der Waals surface area contributed by atoms with E-state index in [4.69, 9.17) is 10.7 Å². The molecule has 0 radical (unpaired) electrons. The largest absolute Gasteiger partial charge is 0.366 e. The lowest BCUT2D eigenvalue weighted by molar-refractivity contribution is 0.0705. The first-order valence-electron chi connectivity index (χ1n) is 9.44. The van der Waals surface area contributed by atoms with Crippen molar-refractivity contribution >= 4 is 22.7 Å². The molecule has 1 aliphatic rings. The third-order valence-corrected chi connectivity index (χ3v) is 5.36. The molecule has 1 aliphatic heterocycles. The highest BCUT2D eigenvalue weighted by Gasteiger charge is 2.29. The van der Waals surface area contributed by atoms with Gasteiger partial charge >= 0.3 is 0 Å². The van der Waals surface area contributed by atoms with Crippen molar-refractivity contribution in [3.8, 4) is 0 Å². The minimum Gasteiger partial charge on any atom is -0.366 e. The van der Waals surface area contributed by atoms with E-state index in [1.807, 2.05) is 42.2 Å². The van der Waals surface area contributed by atoms with Crippen molar-refractivity contribution in [2.24, 2.45) is 5.73 Å². The van der Waals surface area contributed by atoms with E-state index < -0.39 is 5.91 Å². The smallest absolute Gasteiger partial charge is 0.254 e. The summed E-state index contributed by atoms with van der Waals surface area (Å²) < 4.78 is 0. The average molecular weight is 374 g/mol. The standard InChI is InChI=1S/C22H22N4O2/c1-14-12-24-9-8-17(14)22(28)26-10-4-6-16(13-26)20-18(21(23)27)11-15-5-2-3-7-19(15)25-20/h2-3,5,7-9,11-12,16H,4,6,10,13H2,1H3,(H2,23,27). The Balaban J connectivity index is 1.68. The maximum atomic E-state index is 13.0. The number of nitrogens with two attached hydrogens (primary N) is 1. The molecule has 2 aromatic heterocycles. The van der Waals surface area contributed by atoms with Gasteiger partial charge in [0.2, 0.25) is 0 Å². The Morgan fingerprint density at radius 2 is 2.00 bits per heavy atom. The van der Waals surface area contributed by atoms with Crippen LogP contribution in [0, 0.1) is 6.92 Å². The minimum atomic E-state index is -0.485. The zero-order valence-corrected chi connectivity index (χ0v) is 15.8. The Kier molecular flexibility index (Phi) is 4.77. The van der Waals surface area contributed by atoms with Crippen LogP contribution in [0.3, 0.4) is 0 Å². The minimum absolute atomic E-state index is 0.00832. The van der Waals surface area contributed by atoms with Gasteiger partial charge in [0.25, 0.3) is 11.8 Å². The molecule has 1 saturated heterocycles. The number of fused-ring (bicyclic) bond motifs is 1. The first-order valence-corrected chi connectivity index (χ1v) is 9.44. The van der Waals surface area contributed by atoms with Crippen LogP contribution in [-0.2, 0) is 0 Å². The third-order valence-electron chi connectivity index (χ3n) is 5.36. The van der Waals surface area contributed by atoms with Crippen LogP contribution in [0.25, 0.3) is 10.9 Å². The fourth-order valence-electron chi connectivity index (χ4n) is 3.91. The van der Waals surface area contributed by atoms with Crippen LogP contribution >= 0.6 is 0 Å². The second-order valence-corrected chi connectivity index (χ2v) is 7.26. The molecule has 0 bridgehead atoms. The molecule has 1 unspecified atom stereocenters. The molecule has 0 aliphatic carbocycles. The van der Waals surface area contributed by atoms with Gasteiger partial charge in [-0.2, -0.15) is 0 Å². The lowest BCUT2D eigenvalue weighted by atomic mass is 9.90. The number of amides is 2. The van der Waals surface area contributed by atoms with Crippen molar-refractivity contribution in [1.82, 2.24) is 14.9 Å². The predicted octanol–water partition coefficient (Wildman–Crippen LogP) is 3.06. The molecule has 1 aromatic carbocycles. The molecule has 1 fully saturated rings. The molecule has 1 atom stereocenters. The maximum Gasteiger partial charge on any atom is 0.254 e. The average Bonchev–Trinajstić information content (AvgIpc) is 2.72. The quantitative estimate of drug-likeness (QED) is 0.763. The molecule has 142 valence electrons. The van der Waals surface area contributed by atoms with E-state index in [2.05, 4.69) is 4.98 Å². The summed E-state index contributed by atoms with van der Waals surface area (Å²) in [5.74, 6) is -0.514. The molecular formula is C22H22N4O2. The Morgan fingerprint density at radius 3 is 2.79 bits per heavy atom. The van der Waals surface area contributed by atoms with Gasteiger partial charge in [0.15, 0.2) is 0 Å². The second kappa shape index (κ2) is 7.38. The summed E-state index contributed by atoms with van der Waals surface area (Å²) in [6.07, 6.45) is 5.06. The number of rotatable bonds is 3. The summed E-state index contributed by atoms with van der Waals surface area (Å²) in [7, 11) is 0.